The van der Waals surface area contributed by atoms with Gasteiger partial charge >= 0.3 is 0 Å². The van der Waals surface area contributed by atoms with E-state index in [2.05, 4.69) is 5.32 Å². The minimum absolute atomic E-state index is 0.151. The fourth-order valence-electron chi connectivity index (χ4n) is 2.63. The topological polar surface area (TPSA) is 78.6 Å². The molecule has 2 rings (SSSR count). The van der Waals surface area contributed by atoms with Gasteiger partial charge in [-0.25, -0.2) is 0 Å². The van der Waals surface area contributed by atoms with E-state index >= 15 is 0 Å². The van der Waals surface area contributed by atoms with Crippen molar-refractivity contribution in [2.45, 2.75) is 38.3 Å². The number of β-amino-alcohol motifs (C(OH)–C–C–N with tert-alkyl or cyclic N) is 1. The van der Waals surface area contributed by atoms with Gasteiger partial charge in [0.1, 0.15) is 0 Å². The van der Waals surface area contributed by atoms with Gasteiger partial charge in [0.05, 0.1) is 23.0 Å². The molecule has 0 aliphatic carbocycles. The van der Waals surface area contributed by atoms with E-state index < -0.39 is 5.60 Å². The maximum atomic E-state index is 12.4. The van der Waals surface area contributed by atoms with Crippen LogP contribution in [0.5, 0.6) is 0 Å². The standard InChI is InChI=1S/C15H22ClN3O2/c1-10(19-7-3-6-15(2,21)9-19)14(20)18-13-8-11(16)4-5-12(13)17/h4-5,8,10,21H,3,6-7,9,17H2,1-2H3,(H,18,20). The number of piperidine rings is 1. The number of halogens is 1. The summed E-state index contributed by atoms with van der Waals surface area (Å²) in [6.45, 7) is 4.93. The lowest BCUT2D eigenvalue weighted by atomic mass is 9.94. The number of rotatable bonds is 3. The van der Waals surface area contributed by atoms with Gasteiger partial charge in [0.15, 0.2) is 0 Å². The van der Waals surface area contributed by atoms with Crippen LogP contribution in [0.3, 0.4) is 0 Å². The number of nitrogens with zero attached hydrogens (tertiary/aromatic N) is 1. The SMILES string of the molecule is CC(C(=O)Nc1cc(Cl)ccc1N)N1CCCC(C)(O)C1. The van der Waals surface area contributed by atoms with Crippen molar-refractivity contribution < 1.29 is 9.90 Å². The summed E-state index contributed by atoms with van der Waals surface area (Å²) in [4.78, 5) is 14.3. The lowest BCUT2D eigenvalue weighted by Gasteiger charge is -2.39. The van der Waals surface area contributed by atoms with Crippen LogP contribution in [0, 0.1) is 0 Å². The fourth-order valence-corrected chi connectivity index (χ4v) is 2.80. The third-order valence-corrected chi connectivity index (χ3v) is 4.14. The molecule has 0 saturated carbocycles. The second kappa shape index (κ2) is 6.22. The summed E-state index contributed by atoms with van der Waals surface area (Å²) in [5, 5.41) is 13.5. The molecule has 1 amide bonds. The Balaban J connectivity index is 2.04. The number of amides is 1. The Bertz CT molecular complexity index is 534. The van der Waals surface area contributed by atoms with Crippen LogP contribution in [0.15, 0.2) is 18.2 Å². The number of hydrogen-bond acceptors (Lipinski definition) is 4. The number of nitrogens with two attached hydrogens (primary N) is 1. The molecular weight excluding hydrogens is 290 g/mol. The molecule has 1 heterocycles. The zero-order valence-electron chi connectivity index (χ0n) is 12.4. The van der Waals surface area contributed by atoms with E-state index in [4.69, 9.17) is 17.3 Å². The van der Waals surface area contributed by atoms with E-state index in [1.54, 1.807) is 25.1 Å². The van der Waals surface area contributed by atoms with Gasteiger partial charge < -0.3 is 16.2 Å². The van der Waals surface area contributed by atoms with Crippen LogP contribution < -0.4 is 11.1 Å². The van der Waals surface area contributed by atoms with Crippen molar-refractivity contribution in [1.82, 2.24) is 4.90 Å². The number of likely N-dealkylation sites (tertiary alicyclic amines) is 1. The molecule has 0 radical (unpaired) electrons. The van der Waals surface area contributed by atoms with Crippen molar-refractivity contribution >= 4 is 28.9 Å². The Morgan fingerprint density at radius 1 is 1.57 bits per heavy atom. The van der Waals surface area contributed by atoms with Crippen molar-refractivity contribution in [1.29, 1.82) is 0 Å². The van der Waals surface area contributed by atoms with Crippen LogP contribution in [0.4, 0.5) is 11.4 Å². The zero-order valence-corrected chi connectivity index (χ0v) is 13.2. The molecule has 1 saturated heterocycles. The number of aliphatic hydroxyl groups is 1. The Labute approximate surface area is 130 Å². The Hall–Kier alpha value is -1.30. The largest absolute Gasteiger partial charge is 0.397 e. The molecule has 6 heteroatoms. The van der Waals surface area contributed by atoms with Crippen molar-refractivity contribution in [3.05, 3.63) is 23.2 Å². The highest BCUT2D eigenvalue weighted by molar-refractivity contribution is 6.31. The smallest absolute Gasteiger partial charge is 0.241 e. The highest BCUT2D eigenvalue weighted by Gasteiger charge is 2.33. The van der Waals surface area contributed by atoms with Crippen LogP contribution in [0.1, 0.15) is 26.7 Å². The molecule has 0 spiro atoms. The summed E-state index contributed by atoms with van der Waals surface area (Å²) in [7, 11) is 0. The summed E-state index contributed by atoms with van der Waals surface area (Å²) in [5.74, 6) is -0.151. The molecule has 2 unspecified atom stereocenters. The first-order valence-corrected chi connectivity index (χ1v) is 7.49. The van der Waals surface area contributed by atoms with Crippen LogP contribution >= 0.6 is 11.6 Å². The average Bonchev–Trinajstić information content (AvgIpc) is 2.41. The van der Waals surface area contributed by atoms with E-state index in [0.29, 0.717) is 22.9 Å². The molecule has 1 aromatic carbocycles. The fraction of sp³-hybridized carbons (Fsp3) is 0.533. The van der Waals surface area contributed by atoms with E-state index in [1.165, 1.54) is 0 Å². The van der Waals surface area contributed by atoms with Crippen LogP contribution in [-0.4, -0.2) is 40.6 Å². The average molecular weight is 312 g/mol. The molecule has 1 aromatic rings. The van der Waals surface area contributed by atoms with Crippen molar-refractivity contribution in [2.75, 3.05) is 24.1 Å². The Morgan fingerprint density at radius 2 is 2.29 bits per heavy atom. The number of nitrogens with one attached hydrogen (secondary N) is 1. The minimum atomic E-state index is -0.734. The lowest BCUT2D eigenvalue weighted by Crippen LogP contribution is -2.52. The maximum Gasteiger partial charge on any atom is 0.241 e. The molecule has 1 fully saturated rings. The van der Waals surface area contributed by atoms with Gasteiger partial charge in [-0.2, -0.15) is 0 Å². The van der Waals surface area contributed by atoms with Crippen LogP contribution in [0.2, 0.25) is 5.02 Å². The first-order chi connectivity index (χ1) is 9.78. The number of anilines is 2. The number of carbonyl (C=O) groups excluding carboxylic acids is 1. The number of nitrogen functional groups attached to an aromatic ring is 1. The molecule has 116 valence electrons. The molecule has 5 nitrogen and oxygen atoms in total. The van der Waals surface area contributed by atoms with E-state index in [-0.39, 0.29) is 11.9 Å². The van der Waals surface area contributed by atoms with Gasteiger partial charge in [0, 0.05) is 11.6 Å². The zero-order chi connectivity index (χ0) is 15.6. The van der Waals surface area contributed by atoms with Gasteiger partial charge in [-0.15, -0.1) is 0 Å². The number of carbonyl (C=O) groups is 1. The minimum Gasteiger partial charge on any atom is -0.397 e. The number of hydrogen-bond donors (Lipinski definition) is 3. The molecular formula is C15H22ClN3O2. The molecule has 1 aliphatic heterocycles. The first kappa shape index (κ1) is 16.1. The van der Waals surface area contributed by atoms with Gasteiger partial charge in [-0.05, 0) is 51.4 Å². The molecule has 0 aromatic heterocycles. The van der Waals surface area contributed by atoms with E-state index in [9.17, 15) is 9.90 Å². The summed E-state index contributed by atoms with van der Waals surface area (Å²) >= 11 is 5.92. The summed E-state index contributed by atoms with van der Waals surface area (Å²) < 4.78 is 0. The number of benzene rings is 1. The molecule has 0 bridgehead atoms. The highest BCUT2D eigenvalue weighted by atomic mass is 35.5. The lowest BCUT2D eigenvalue weighted by molar-refractivity contribution is -0.123. The van der Waals surface area contributed by atoms with Crippen molar-refractivity contribution in [3.63, 3.8) is 0 Å². The van der Waals surface area contributed by atoms with Crippen LogP contribution in [0.25, 0.3) is 0 Å². The second-order valence-electron chi connectivity index (χ2n) is 5.97. The van der Waals surface area contributed by atoms with Gasteiger partial charge in [-0.1, -0.05) is 11.6 Å². The molecule has 1 aliphatic rings. The van der Waals surface area contributed by atoms with Gasteiger partial charge in [-0.3, -0.25) is 9.69 Å². The second-order valence-corrected chi connectivity index (χ2v) is 6.40. The van der Waals surface area contributed by atoms with Gasteiger partial charge in [0.25, 0.3) is 0 Å². The monoisotopic (exact) mass is 311 g/mol. The van der Waals surface area contributed by atoms with Crippen LogP contribution in [-0.2, 0) is 4.79 Å². The molecule has 4 N–H and O–H groups in total. The third-order valence-electron chi connectivity index (χ3n) is 3.90. The summed E-state index contributed by atoms with van der Waals surface area (Å²) in [5.41, 5.74) is 6.09. The van der Waals surface area contributed by atoms with E-state index in [1.807, 2.05) is 11.8 Å². The molecule has 21 heavy (non-hydrogen) atoms. The first-order valence-electron chi connectivity index (χ1n) is 7.11. The third kappa shape index (κ3) is 4.09. The van der Waals surface area contributed by atoms with E-state index in [0.717, 1.165) is 19.4 Å². The highest BCUT2D eigenvalue weighted by Crippen LogP contribution is 2.25. The summed E-state index contributed by atoms with van der Waals surface area (Å²) in [6.07, 6.45) is 1.64. The Kier molecular flexibility index (Phi) is 4.76. The quantitative estimate of drug-likeness (QED) is 0.747. The van der Waals surface area contributed by atoms with Crippen molar-refractivity contribution in [3.8, 4) is 0 Å². The summed E-state index contributed by atoms with van der Waals surface area (Å²) in [6, 6.07) is 4.63. The maximum absolute atomic E-state index is 12.4. The predicted molar refractivity (Wildman–Crippen MR) is 85.4 cm³/mol. The molecule has 2 atom stereocenters. The Morgan fingerprint density at radius 3 is 2.95 bits per heavy atom. The normalized spacial score (nSPS) is 24.6. The van der Waals surface area contributed by atoms with Crippen molar-refractivity contribution in [2.24, 2.45) is 0 Å². The van der Waals surface area contributed by atoms with Gasteiger partial charge in [0.2, 0.25) is 5.91 Å². The predicted octanol–water partition coefficient (Wildman–Crippen LogP) is 2.10.